The van der Waals surface area contributed by atoms with Crippen LogP contribution >= 0.6 is 11.6 Å². The maximum absolute atomic E-state index is 12.1. The van der Waals surface area contributed by atoms with E-state index in [1.54, 1.807) is 12.1 Å². The summed E-state index contributed by atoms with van der Waals surface area (Å²) in [6, 6.07) is 13.5. The number of halogens is 1. The monoisotopic (exact) mass is 302 g/mol. The Morgan fingerprint density at radius 2 is 1.81 bits per heavy atom. The second-order valence-electron chi connectivity index (χ2n) is 5.23. The zero-order chi connectivity index (χ0) is 15.4. The third-order valence-corrected chi connectivity index (χ3v) is 3.59. The van der Waals surface area contributed by atoms with Crippen LogP contribution in [0.2, 0.25) is 5.02 Å². The average molecular weight is 303 g/mol. The predicted molar refractivity (Wildman–Crippen MR) is 88.1 cm³/mol. The molecule has 0 aliphatic rings. The van der Waals surface area contributed by atoms with E-state index in [1.165, 1.54) is 0 Å². The van der Waals surface area contributed by atoms with E-state index >= 15 is 0 Å². The SMILES string of the molecule is Cc1ccc(C(=O)NCc2ccc(N(C)C)cc2)c(Cl)c1. The molecule has 2 aromatic carbocycles. The quantitative estimate of drug-likeness (QED) is 0.935. The van der Waals surface area contributed by atoms with Gasteiger partial charge in [-0.1, -0.05) is 29.8 Å². The largest absolute Gasteiger partial charge is 0.378 e. The zero-order valence-electron chi connectivity index (χ0n) is 12.5. The Balaban J connectivity index is 2.00. The molecule has 2 rings (SSSR count). The van der Waals surface area contributed by atoms with Crippen LogP contribution in [0.4, 0.5) is 5.69 Å². The van der Waals surface area contributed by atoms with Gasteiger partial charge in [0, 0.05) is 26.3 Å². The highest BCUT2D eigenvalue weighted by Gasteiger charge is 2.09. The van der Waals surface area contributed by atoms with Crippen molar-refractivity contribution in [3.05, 3.63) is 64.2 Å². The minimum Gasteiger partial charge on any atom is -0.378 e. The molecule has 21 heavy (non-hydrogen) atoms. The normalized spacial score (nSPS) is 10.3. The molecular formula is C17H19ClN2O. The van der Waals surface area contributed by atoms with E-state index in [9.17, 15) is 4.79 Å². The lowest BCUT2D eigenvalue weighted by atomic mass is 10.1. The Kier molecular flexibility index (Phi) is 4.86. The fourth-order valence-corrected chi connectivity index (χ4v) is 2.31. The number of benzene rings is 2. The number of carbonyl (C=O) groups is 1. The Hall–Kier alpha value is -2.00. The van der Waals surface area contributed by atoms with Crippen molar-refractivity contribution in [2.24, 2.45) is 0 Å². The second kappa shape index (κ2) is 6.64. The molecule has 4 heteroatoms. The smallest absolute Gasteiger partial charge is 0.253 e. The molecule has 0 radical (unpaired) electrons. The van der Waals surface area contributed by atoms with Gasteiger partial charge in [0.15, 0.2) is 0 Å². The number of anilines is 1. The zero-order valence-corrected chi connectivity index (χ0v) is 13.2. The molecule has 3 nitrogen and oxygen atoms in total. The maximum Gasteiger partial charge on any atom is 0.253 e. The number of nitrogens with one attached hydrogen (secondary N) is 1. The van der Waals surface area contributed by atoms with Crippen LogP contribution < -0.4 is 10.2 Å². The topological polar surface area (TPSA) is 32.3 Å². The van der Waals surface area contributed by atoms with Crippen LogP contribution in [0.3, 0.4) is 0 Å². The lowest BCUT2D eigenvalue weighted by Gasteiger charge is -2.13. The first-order valence-electron chi connectivity index (χ1n) is 6.78. The fourth-order valence-electron chi connectivity index (χ4n) is 1.99. The summed E-state index contributed by atoms with van der Waals surface area (Å²) >= 11 is 6.10. The summed E-state index contributed by atoms with van der Waals surface area (Å²) in [5.74, 6) is -0.156. The van der Waals surface area contributed by atoms with Gasteiger partial charge < -0.3 is 10.2 Å². The van der Waals surface area contributed by atoms with E-state index in [4.69, 9.17) is 11.6 Å². The molecule has 0 aliphatic heterocycles. The molecule has 0 heterocycles. The van der Waals surface area contributed by atoms with Gasteiger partial charge >= 0.3 is 0 Å². The first-order chi connectivity index (χ1) is 9.97. The summed E-state index contributed by atoms with van der Waals surface area (Å²) in [6.45, 7) is 2.43. The number of hydrogen-bond donors (Lipinski definition) is 1. The van der Waals surface area contributed by atoms with Gasteiger partial charge in [0.2, 0.25) is 0 Å². The first kappa shape index (κ1) is 15.4. The number of carbonyl (C=O) groups excluding carboxylic acids is 1. The molecule has 110 valence electrons. The Labute approximate surface area is 130 Å². The van der Waals surface area contributed by atoms with Gasteiger partial charge in [-0.3, -0.25) is 4.79 Å². The van der Waals surface area contributed by atoms with Gasteiger partial charge in [0.25, 0.3) is 5.91 Å². The second-order valence-corrected chi connectivity index (χ2v) is 5.63. The first-order valence-corrected chi connectivity index (χ1v) is 7.16. The molecule has 0 aliphatic carbocycles. The molecule has 0 spiro atoms. The molecular weight excluding hydrogens is 284 g/mol. The Bertz CT molecular complexity index is 636. The van der Waals surface area contributed by atoms with Crippen molar-refractivity contribution in [2.45, 2.75) is 13.5 Å². The third-order valence-electron chi connectivity index (χ3n) is 3.28. The maximum atomic E-state index is 12.1. The molecule has 0 fully saturated rings. The number of hydrogen-bond acceptors (Lipinski definition) is 2. The van der Waals surface area contributed by atoms with Crippen molar-refractivity contribution in [3.63, 3.8) is 0 Å². The fraction of sp³-hybridized carbons (Fsp3) is 0.235. The van der Waals surface area contributed by atoms with E-state index in [2.05, 4.69) is 5.32 Å². The van der Waals surface area contributed by atoms with E-state index in [0.717, 1.165) is 16.8 Å². The van der Waals surface area contributed by atoms with Gasteiger partial charge in [0.1, 0.15) is 0 Å². The summed E-state index contributed by atoms with van der Waals surface area (Å²) in [5, 5.41) is 3.37. The molecule has 0 bridgehead atoms. The van der Waals surface area contributed by atoms with Gasteiger partial charge in [-0.25, -0.2) is 0 Å². The summed E-state index contributed by atoms with van der Waals surface area (Å²) in [4.78, 5) is 14.2. The molecule has 0 saturated carbocycles. The minimum absolute atomic E-state index is 0.156. The van der Waals surface area contributed by atoms with Crippen molar-refractivity contribution < 1.29 is 4.79 Å². The summed E-state index contributed by atoms with van der Waals surface area (Å²) in [5.41, 5.74) is 3.73. The van der Waals surface area contributed by atoms with Crippen LogP contribution in [-0.4, -0.2) is 20.0 Å². The molecule has 1 amide bonds. The third kappa shape index (κ3) is 3.99. The Morgan fingerprint density at radius 3 is 2.38 bits per heavy atom. The molecule has 2 aromatic rings. The van der Waals surface area contributed by atoms with Crippen molar-refractivity contribution in [1.29, 1.82) is 0 Å². The number of nitrogens with zero attached hydrogens (tertiary/aromatic N) is 1. The van der Waals surface area contributed by atoms with Crippen LogP contribution in [0.5, 0.6) is 0 Å². The standard InChI is InChI=1S/C17H19ClN2O/c1-12-4-9-15(16(18)10-12)17(21)19-11-13-5-7-14(8-6-13)20(2)3/h4-10H,11H2,1-3H3,(H,19,21). The number of amides is 1. The summed E-state index contributed by atoms with van der Waals surface area (Å²) < 4.78 is 0. The van der Waals surface area contributed by atoms with Crippen molar-refractivity contribution in [3.8, 4) is 0 Å². The highest BCUT2D eigenvalue weighted by atomic mass is 35.5. The van der Waals surface area contributed by atoms with Gasteiger partial charge in [-0.05, 0) is 42.3 Å². The van der Waals surface area contributed by atoms with Crippen molar-refractivity contribution in [2.75, 3.05) is 19.0 Å². The summed E-state index contributed by atoms with van der Waals surface area (Å²) in [7, 11) is 3.99. The number of aryl methyl sites for hydroxylation is 1. The average Bonchev–Trinajstić information content (AvgIpc) is 2.45. The number of rotatable bonds is 4. The lowest BCUT2D eigenvalue weighted by molar-refractivity contribution is 0.0951. The lowest BCUT2D eigenvalue weighted by Crippen LogP contribution is -2.23. The van der Waals surface area contributed by atoms with Crippen LogP contribution in [0.1, 0.15) is 21.5 Å². The van der Waals surface area contributed by atoms with Crippen molar-refractivity contribution in [1.82, 2.24) is 5.32 Å². The molecule has 0 atom stereocenters. The minimum atomic E-state index is -0.156. The Morgan fingerprint density at radius 1 is 1.14 bits per heavy atom. The van der Waals surface area contributed by atoms with Crippen LogP contribution in [0, 0.1) is 6.92 Å². The van der Waals surface area contributed by atoms with Gasteiger partial charge in [-0.15, -0.1) is 0 Å². The predicted octanol–water partition coefficient (Wildman–Crippen LogP) is 3.64. The highest BCUT2D eigenvalue weighted by Crippen LogP contribution is 2.18. The molecule has 1 N–H and O–H groups in total. The van der Waals surface area contributed by atoms with Crippen LogP contribution in [0.25, 0.3) is 0 Å². The molecule has 0 aromatic heterocycles. The van der Waals surface area contributed by atoms with Crippen LogP contribution in [-0.2, 0) is 6.54 Å². The van der Waals surface area contributed by atoms with Gasteiger partial charge in [0.05, 0.1) is 10.6 Å². The molecule has 0 saturated heterocycles. The van der Waals surface area contributed by atoms with E-state index in [-0.39, 0.29) is 5.91 Å². The van der Waals surface area contributed by atoms with Gasteiger partial charge in [-0.2, -0.15) is 0 Å². The van der Waals surface area contributed by atoms with E-state index in [0.29, 0.717) is 17.1 Å². The van der Waals surface area contributed by atoms with Crippen molar-refractivity contribution >= 4 is 23.2 Å². The van der Waals surface area contributed by atoms with E-state index in [1.807, 2.05) is 56.3 Å². The highest BCUT2D eigenvalue weighted by molar-refractivity contribution is 6.33. The van der Waals surface area contributed by atoms with E-state index < -0.39 is 0 Å². The molecule has 0 unspecified atom stereocenters. The van der Waals surface area contributed by atoms with Crippen LogP contribution in [0.15, 0.2) is 42.5 Å². The summed E-state index contributed by atoms with van der Waals surface area (Å²) in [6.07, 6.45) is 0.